The minimum Gasteiger partial charge on any atom is -0.336 e. The Morgan fingerprint density at radius 3 is 2.80 bits per heavy atom. The number of likely N-dealkylation sites (tertiary alicyclic amines) is 1. The average molecular weight is 388 g/mol. The van der Waals surface area contributed by atoms with Gasteiger partial charge in [-0.15, -0.1) is 0 Å². The molecule has 5 nitrogen and oxygen atoms in total. The first-order valence-corrected chi connectivity index (χ1v) is 7.74. The Hall–Kier alpha value is -1.18. The van der Waals surface area contributed by atoms with E-state index in [9.17, 15) is 14.9 Å². The monoisotopic (exact) mass is 388 g/mol. The zero-order chi connectivity index (χ0) is 14.9. The molecule has 6 heteroatoms. The van der Waals surface area contributed by atoms with E-state index in [4.69, 9.17) is 0 Å². The summed E-state index contributed by atoms with van der Waals surface area (Å²) in [6, 6.07) is 4.62. The number of halogens is 1. The molecular weight excluding hydrogens is 371 g/mol. The van der Waals surface area contributed by atoms with Gasteiger partial charge in [0, 0.05) is 28.3 Å². The van der Waals surface area contributed by atoms with Gasteiger partial charge >= 0.3 is 0 Å². The third-order valence-corrected chi connectivity index (χ3v) is 4.97. The van der Waals surface area contributed by atoms with Gasteiger partial charge in [-0.05, 0) is 54.3 Å². The molecule has 0 bridgehead atoms. The number of nitro benzene ring substituents is 1. The summed E-state index contributed by atoms with van der Waals surface area (Å²) < 4.78 is 0.753. The Kier molecular flexibility index (Phi) is 4.62. The van der Waals surface area contributed by atoms with Crippen LogP contribution in [0.2, 0.25) is 0 Å². The Morgan fingerprint density at radius 2 is 2.15 bits per heavy atom. The first kappa shape index (κ1) is 15.2. The van der Waals surface area contributed by atoms with Gasteiger partial charge in [0.05, 0.1) is 10.5 Å². The molecule has 0 aliphatic carbocycles. The van der Waals surface area contributed by atoms with Gasteiger partial charge in [-0.1, -0.05) is 6.92 Å². The number of non-ortho nitro benzene ring substituents is 1. The molecule has 1 aliphatic rings. The lowest BCUT2D eigenvalue weighted by Crippen LogP contribution is -2.46. The lowest BCUT2D eigenvalue weighted by atomic mass is 9.91. The second-order valence-corrected chi connectivity index (χ2v) is 6.44. The molecule has 108 valence electrons. The molecule has 1 aromatic carbocycles. The second-order valence-electron chi connectivity index (χ2n) is 5.28. The summed E-state index contributed by atoms with van der Waals surface area (Å²) in [7, 11) is 0. The SMILES string of the molecule is CC1CCCN(C(=O)c2cc([N+](=O)[O-])ccc2I)C1C. The van der Waals surface area contributed by atoms with E-state index in [1.165, 1.54) is 12.1 Å². The van der Waals surface area contributed by atoms with Crippen molar-refractivity contribution < 1.29 is 9.72 Å². The molecule has 2 unspecified atom stereocenters. The van der Waals surface area contributed by atoms with Gasteiger partial charge < -0.3 is 4.90 Å². The van der Waals surface area contributed by atoms with E-state index < -0.39 is 4.92 Å². The predicted octanol–water partition coefficient (Wildman–Crippen LogP) is 3.46. The fraction of sp³-hybridized carbons (Fsp3) is 0.500. The lowest BCUT2D eigenvalue weighted by molar-refractivity contribution is -0.384. The van der Waals surface area contributed by atoms with Crippen molar-refractivity contribution in [3.63, 3.8) is 0 Å². The number of hydrogen-bond donors (Lipinski definition) is 0. The van der Waals surface area contributed by atoms with E-state index in [0.29, 0.717) is 11.5 Å². The minimum atomic E-state index is -0.463. The third kappa shape index (κ3) is 2.94. The van der Waals surface area contributed by atoms with Crippen LogP contribution in [0.15, 0.2) is 18.2 Å². The molecule has 1 aromatic rings. The van der Waals surface area contributed by atoms with Gasteiger partial charge in [0.25, 0.3) is 11.6 Å². The van der Waals surface area contributed by atoms with Crippen molar-refractivity contribution in [3.05, 3.63) is 37.4 Å². The van der Waals surface area contributed by atoms with Crippen LogP contribution in [0.3, 0.4) is 0 Å². The summed E-state index contributed by atoms with van der Waals surface area (Å²) in [5.74, 6) is 0.362. The smallest absolute Gasteiger partial charge is 0.270 e. The fourth-order valence-corrected chi connectivity index (χ4v) is 3.13. The fourth-order valence-electron chi connectivity index (χ4n) is 2.57. The molecule has 0 N–H and O–H groups in total. The summed E-state index contributed by atoms with van der Waals surface area (Å²) >= 11 is 2.05. The highest BCUT2D eigenvalue weighted by molar-refractivity contribution is 14.1. The molecular formula is C14H17IN2O3. The number of rotatable bonds is 2. The van der Waals surface area contributed by atoms with Gasteiger partial charge in [-0.25, -0.2) is 0 Å². The standard InChI is InChI=1S/C14H17IN2O3/c1-9-4-3-7-16(10(9)2)14(18)12-8-11(17(19)20)5-6-13(12)15/h5-6,8-10H,3-4,7H2,1-2H3. The van der Waals surface area contributed by atoms with Gasteiger partial charge in [-0.3, -0.25) is 14.9 Å². The van der Waals surface area contributed by atoms with Crippen LogP contribution in [-0.2, 0) is 0 Å². The van der Waals surface area contributed by atoms with E-state index in [1.54, 1.807) is 6.07 Å². The van der Waals surface area contributed by atoms with Gasteiger partial charge in [0.1, 0.15) is 0 Å². The quantitative estimate of drug-likeness (QED) is 0.443. The van der Waals surface area contributed by atoms with Gasteiger partial charge in [0.15, 0.2) is 0 Å². The highest BCUT2D eigenvalue weighted by Gasteiger charge is 2.30. The third-order valence-electron chi connectivity index (χ3n) is 4.03. The van der Waals surface area contributed by atoms with Crippen LogP contribution in [0.25, 0.3) is 0 Å². The van der Waals surface area contributed by atoms with Crippen molar-refractivity contribution in [1.29, 1.82) is 0 Å². The van der Waals surface area contributed by atoms with Crippen LogP contribution in [0.1, 0.15) is 37.0 Å². The topological polar surface area (TPSA) is 63.5 Å². The van der Waals surface area contributed by atoms with Crippen LogP contribution in [0.4, 0.5) is 5.69 Å². The van der Waals surface area contributed by atoms with Crippen LogP contribution in [0, 0.1) is 19.6 Å². The molecule has 1 aliphatic heterocycles. The lowest BCUT2D eigenvalue weighted by Gasteiger charge is -2.38. The summed E-state index contributed by atoms with van der Waals surface area (Å²) in [4.78, 5) is 24.9. The number of nitrogens with zero attached hydrogens (tertiary/aromatic N) is 2. The summed E-state index contributed by atoms with van der Waals surface area (Å²) in [6.45, 7) is 4.91. The molecule has 0 saturated carbocycles. The Bertz CT molecular complexity index is 547. The molecule has 1 fully saturated rings. The van der Waals surface area contributed by atoms with E-state index in [1.807, 2.05) is 11.8 Å². The summed E-state index contributed by atoms with van der Waals surface area (Å²) in [6.07, 6.45) is 2.11. The van der Waals surface area contributed by atoms with E-state index >= 15 is 0 Å². The van der Waals surface area contributed by atoms with Crippen LogP contribution < -0.4 is 0 Å². The Balaban J connectivity index is 2.33. The molecule has 20 heavy (non-hydrogen) atoms. The highest BCUT2D eigenvalue weighted by atomic mass is 127. The van der Waals surface area contributed by atoms with Crippen LogP contribution >= 0.6 is 22.6 Å². The number of carbonyl (C=O) groups excluding carboxylic acids is 1. The average Bonchev–Trinajstić information content (AvgIpc) is 2.41. The number of piperidine rings is 1. The van der Waals surface area contributed by atoms with E-state index in [2.05, 4.69) is 29.5 Å². The second kappa shape index (κ2) is 6.07. The summed E-state index contributed by atoms with van der Waals surface area (Å²) in [5, 5.41) is 10.9. The Morgan fingerprint density at radius 1 is 1.45 bits per heavy atom. The molecule has 1 saturated heterocycles. The zero-order valence-electron chi connectivity index (χ0n) is 11.5. The Labute approximate surface area is 131 Å². The van der Waals surface area contributed by atoms with Crippen molar-refractivity contribution in [2.24, 2.45) is 5.92 Å². The maximum absolute atomic E-state index is 12.6. The van der Waals surface area contributed by atoms with Crippen LogP contribution in [-0.4, -0.2) is 28.3 Å². The van der Waals surface area contributed by atoms with E-state index in [-0.39, 0.29) is 17.6 Å². The maximum Gasteiger partial charge on any atom is 0.270 e. The van der Waals surface area contributed by atoms with Crippen molar-refractivity contribution in [2.75, 3.05) is 6.54 Å². The number of benzene rings is 1. The minimum absolute atomic E-state index is 0.0357. The number of nitro groups is 1. The van der Waals surface area contributed by atoms with E-state index in [0.717, 1.165) is 23.0 Å². The normalized spacial score (nSPS) is 22.6. The number of amides is 1. The first-order valence-electron chi connectivity index (χ1n) is 6.66. The van der Waals surface area contributed by atoms with Gasteiger partial charge in [0.2, 0.25) is 0 Å². The first-order chi connectivity index (χ1) is 9.41. The maximum atomic E-state index is 12.6. The molecule has 2 atom stereocenters. The highest BCUT2D eigenvalue weighted by Crippen LogP contribution is 2.27. The summed E-state index contributed by atoms with van der Waals surface area (Å²) in [5.41, 5.74) is 0.396. The van der Waals surface area contributed by atoms with Crippen molar-refractivity contribution in [3.8, 4) is 0 Å². The largest absolute Gasteiger partial charge is 0.336 e. The molecule has 0 radical (unpaired) electrons. The molecule has 2 rings (SSSR count). The van der Waals surface area contributed by atoms with Crippen molar-refractivity contribution >= 4 is 34.2 Å². The molecule has 1 amide bonds. The van der Waals surface area contributed by atoms with Gasteiger partial charge in [-0.2, -0.15) is 0 Å². The molecule has 1 heterocycles. The molecule has 0 spiro atoms. The number of carbonyl (C=O) groups is 1. The predicted molar refractivity (Wildman–Crippen MR) is 84.7 cm³/mol. The number of hydrogen-bond acceptors (Lipinski definition) is 3. The van der Waals surface area contributed by atoms with Crippen LogP contribution in [0.5, 0.6) is 0 Å². The van der Waals surface area contributed by atoms with Crippen molar-refractivity contribution in [1.82, 2.24) is 4.90 Å². The molecule has 0 aromatic heterocycles. The van der Waals surface area contributed by atoms with Crippen molar-refractivity contribution in [2.45, 2.75) is 32.7 Å². The zero-order valence-corrected chi connectivity index (χ0v) is 13.7.